The summed E-state index contributed by atoms with van der Waals surface area (Å²) in [6, 6.07) is 19.1. The van der Waals surface area contributed by atoms with Crippen molar-refractivity contribution in [3.05, 3.63) is 78.1 Å². The molecule has 7 nitrogen and oxygen atoms in total. The number of benzene rings is 2. The van der Waals surface area contributed by atoms with E-state index in [0.29, 0.717) is 23.4 Å². The number of nitrogens with one attached hydrogen (secondary N) is 1. The number of piperidine rings is 1. The zero-order valence-electron chi connectivity index (χ0n) is 18.2. The van der Waals surface area contributed by atoms with Crippen LogP contribution in [0.4, 0.5) is 5.69 Å². The topological polar surface area (TPSA) is 88.6 Å². The maximum Gasteiger partial charge on any atom is 0.259 e. The summed E-state index contributed by atoms with van der Waals surface area (Å²) in [4.78, 5) is 44.2. The Labute approximate surface area is 191 Å². The highest BCUT2D eigenvalue weighted by Crippen LogP contribution is 2.41. The van der Waals surface area contributed by atoms with Gasteiger partial charge in [0, 0.05) is 24.9 Å². The molecule has 2 aliphatic heterocycles. The van der Waals surface area contributed by atoms with Crippen molar-refractivity contribution in [3.8, 4) is 16.9 Å². The summed E-state index contributed by atoms with van der Waals surface area (Å²) in [6.45, 7) is 2.04. The summed E-state index contributed by atoms with van der Waals surface area (Å²) in [5.74, 6) is -0.467. The number of nitrogens with zero attached hydrogens (tertiary/aromatic N) is 2. The lowest BCUT2D eigenvalue weighted by molar-refractivity contribution is -0.142. The van der Waals surface area contributed by atoms with Gasteiger partial charge >= 0.3 is 0 Å². The molecule has 1 N–H and O–H groups in total. The van der Waals surface area contributed by atoms with E-state index >= 15 is 0 Å². The fraction of sp³-hybridized carbons (Fsp3) is 0.231. The molecule has 3 aromatic rings. The second-order valence-electron chi connectivity index (χ2n) is 8.57. The van der Waals surface area contributed by atoms with E-state index in [2.05, 4.69) is 10.3 Å². The van der Waals surface area contributed by atoms with Gasteiger partial charge in [-0.1, -0.05) is 36.4 Å². The van der Waals surface area contributed by atoms with E-state index < -0.39 is 11.3 Å². The number of carbonyl (C=O) groups excluding carboxylic acids is 3. The van der Waals surface area contributed by atoms with Crippen LogP contribution in [0.2, 0.25) is 0 Å². The van der Waals surface area contributed by atoms with Crippen LogP contribution in [0, 0.1) is 12.3 Å². The molecule has 1 atom stereocenters. The predicted octanol–water partition coefficient (Wildman–Crippen LogP) is 3.52. The van der Waals surface area contributed by atoms with E-state index in [-0.39, 0.29) is 31.4 Å². The Hall–Kier alpha value is -4.00. The largest absolute Gasteiger partial charge is 0.490 e. The fourth-order valence-electron chi connectivity index (χ4n) is 4.32. The van der Waals surface area contributed by atoms with Gasteiger partial charge in [-0.15, -0.1) is 0 Å². The lowest BCUT2D eigenvalue weighted by atomic mass is 9.79. The van der Waals surface area contributed by atoms with Crippen molar-refractivity contribution in [1.29, 1.82) is 0 Å². The second-order valence-corrected chi connectivity index (χ2v) is 8.57. The smallest absolute Gasteiger partial charge is 0.259 e. The van der Waals surface area contributed by atoms with Crippen molar-refractivity contribution in [1.82, 2.24) is 10.3 Å². The number of anilines is 1. The molecule has 1 unspecified atom stereocenters. The van der Waals surface area contributed by atoms with E-state index in [1.165, 1.54) is 0 Å². The molecule has 33 heavy (non-hydrogen) atoms. The number of ether oxygens (including phenoxy) is 1. The minimum absolute atomic E-state index is 0.0767. The highest BCUT2D eigenvalue weighted by atomic mass is 16.5. The van der Waals surface area contributed by atoms with Gasteiger partial charge in [0.15, 0.2) is 0 Å². The maximum absolute atomic E-state index is 13.6. The fourth-order valence-corrected chi connectivity index (χ4v) is 4.32. The number of hydrogen-bond donors (Lipinski definition) is 1. The second kappa shape index (κ2) is 8.16. The van der Waals surface area contributed by atoms with E-state index in [9.17, 15) is 14.4 Å². The van der Waals surface area contributed by atoms with Gasteiger partial charge in [0.1, 0.15) is 17.8 Å². The van der Waals surface area contributed by atoms with Crippen LogP contribution in [0.25, 0.3) is 11.1 Å². The number of pyridine rings is 1. The minimum Gasteiger partial charge on any atom is -0.490 e. The minimum atomic E-state index is -1.02. The van der Waals surface area contributed by atoms with Gasteiger partial charge in [-0.05, 0) is 48.7 Å². The highest BCUT2D eigenvalue weighted by Gasteiger charge is 2.48. The molecule has 1 spiro atoms. The van der Waals surface area contributed by atoms with Crippen molar-refractivity contribution in [3.63, 3.8) is 0 Å². The summed E-state index contributed by atoms with van der Waals surface area (Å²) in [6.07, 6.45) is 2.06. The number of hydrogen-bond acceptors (Lipinski definition) is 5. The molecule has 3 heterocycles. The van der Waals surface area contributed by atoms with Crippen LogP contribution < -0.4 is 15.0 Å². The molecule has 166 valence electrons. The molecule has 0 radical (unpaired) electrons. The van der Waals surface area contributed by atoms with Gasteiger partial charge in [-0.3, -0.25) is 24.7 Å². The Morgan fingerprint density at radius 1 is 1.06 bits per heavy atom. The SMILES string of the molecule is Cc1ccc(C(=O)N2CC3(CCC(=O)NC3=O)COc3cc(-c4ccccc4)ccc32)cn1. The van der Waals surface area contributed by atoms with Crippen molar-refractivity contribution in [2.75, 3.05) is 18.1 Å². The number of aromatic nitrogens is 1. The lowest BCUT2D eigenvalue weighted by Gasteiger charge is -2.36. The van der Waals surface area contributed by atoms with E-state index in [1.807, 2.05) is 55.5 Å². The molecule has 0 saturated carbocycles. The lowest BCUT2D eigenvalue weighted by Crippen LogP contribution is -2.56. The first-order valence-corrected chi connectivity index (χ1v) is 10.9. The average molecular weight is 441 g/mol. The van der Waals surface area contributed by atoms with Crippen LogP contribution in [-0.4, -0.2) is 35.9 Å². The molecule has 0 bridgehead atoms. The number of rotatable bonds is 2. The van der Waals surface area contributed by atoms with Crippen LogP contribution in [0.1, 0.15) is 28.9 Å². The first kappa shape index (κ1) is 20.9. The van der Waals surface area contributed by atoms with Crippen molar-refractivity contribution >= 4 is 23.4 Å². The number of aryl methyl sites for hydroxylation is 1. The van der Waals surface area contributed by atoms with Crippen molar-refractivity contribution < 1.29 is 19.1 Å². The van der Waals surface area contributed by atoms with Gasteiger partial charge < -0.3 is 9.64 Å². The standard InChI is InChI=1S/C26H23N3O4/c1-17-7-8-20(14-27-17)24(31)29-15-26(12-11-23(30)28-25(26)32)16-33-22-13-19(9-10-21(22)29)18-5-3-2-4-6-18/h2-10,13-14H,11-12,15-16H2,1H3,(H,28,30,32). The van der Waals surface area contributed by atoms with Crippen LogP contribution >= 0.6 is 0 Å². The average Bonchev–Trinajstić information content (AvgIpc) is 3.00. The summed E-state index contributed by atoms with van der Waals surface area (Å²) in [5.41, 5.74) is 2.75. The molecule has 3 amide bonds. The van der Waals surface area contributed by atoms with Gasteiger partial charge in [0.25, 0.3) is 5.91 Å². The number of amides is 3. The molecule has 1 aromatic heterocycles. The Balaban J connectivity index is 1.59. The number of imide groups is 1. The van der Waals surface area contributed by atoms with E-state index in [1.54, 1.807) is 23.2 Å². The molecule has 2 aliphatic rings. The van der Waals surface area contributed by atoms with Crippen molar-refractivity contribution in [2.45, 2.75) is 19.8 Å². The van der Waals surface area contributed by atoms with Gasteiger partial charge in [-0.25, -0.2) is 0 Å². The van der Waals surface area contributed by atoms with E-state index in [0.717, 1.165) is 16.8 Å². The molecule has 0 aliphatic carbocycles. The Morgan fingerprint density at radius 2 is 1.88 bits per heavy atom. The monoisotopic (exact) mass is 441 g/mol. The highest BCUT2D eigenvalue weighted by molar-refractivity contribution is 6.08. The van der Waals surface area contributed by atoms with Crippen LogP contribution in [-0.2, 0) is 9.59 Å². The van der Waals surface area contributed by atoms with E-state index in [4.69, 9.17) is 4.74 Å². The maximum atomic E-state index is 13.6. The molecular weight excluding hydrogens is 418 g/mol. The third-order valence-corrected chi connectivity index (χ3v) is 6.29. The summed E-state index contributed by atoms with van der Waals surface area (Å²) < 4.78 is 6.16. The Bertz CT molecular complexity index is 1240. The number of carbonyl (C=O) groups is 3. The zero-order chi connectivity index (χ0) is 23.0. The van der Waals surface area contributed by atoms with Crippen LogP contribution in [0.15, 0.2) is 66.9 Å². The first-order valence-electron chi connectivity index (χ1n) is 10.9. The van der Waals surface area contributed by atoms with Crippen LogP contribution in [0.3, 0.4) is 0 Å². The van der Waals surface area contributed by atoms with Gasteiger partial charge in [0.05, 0.1) is 11.3 Å². The van der Waals surface area contributed by atoms with Crippen molar-refractivity contribution in [2.24, 2.45) is 5.41 Å². The summed E-state index contributed by atoms with van der Waals surface area (Å²) in [5, 5.41) is 2.43. The molecular formula is C26H23N3O4. The summed E-state index contributed by atoms with van der Waals surface area (Å²) in [7, 11) is 0. The first-order chi connectivity index (χ1) is 15.9. The molecule has 2 aromatic carbocycles. The molecule has 7 heteroatoms. The molecule has 5 rings (SSSR count). The third-order valence-electron chi connectivity index (χ3n) is 6.29. The normalized spacial score (nSPS) is 20.0. The predicted molar refractivity (Wildman–Crippen MR) is 123 cm³/mol. The molecule has 1 fully saturated rings. The van der Waals surface area contributed by atoms with Gasteiger partial charge in [-0.2, -0.15) is 0 Å². The summed E-state index contributed by atoms with van der Waals surface area (Å²) >= 11 is 0. The molecule has 1 saturated heterocycles. The zero-order valence-corrected chi connectivity index (χ0v) is 18.2. The van der Waals surface area contributed by atoms with Crippen LogP contribution in [0.5, 0.6) is 5.75 Å². The Kier molecular flexibility index (Phi) is 5.17. The Morgan fingerprint density at radius 3 is 2.61 bits per heavy atom. The van der Waals surface area contributed by atoms with Gasteiger partial charge in [0.2, 0.25) is 11.8 Å². The number of fused-ring (bicyclic) bond motifs is 1. The quantitative estimate of drug-likeness (QED) is 0.615. The third kappa shape index (κ3) is 3.86.